The van der Waals surface area contributed by atoms with Gasteiger partial charge in [-0.2, -0.15) is 0 Å². The fourth-order valence-corrected chi connectivity index (χ4v) is 1.07. The summed E-state index contributed by atoms with van der Waals surface area (Å²) >= 11 is 0. The van der Waals surface area contributed by atoms with Crippen molar-refractivity contribution in [1.29, 1.82) is 0 Å². The van der Waals surface area contributed by atoms with Gasteiger partial charge in [0.05, 0.1) is 19.3 Å². The molecule has 15 heavy (non-hydrogen) atoms. The van der Waals surface area contributed by atoms with Crippen molar-refractivity contribution in [3.8, 4) is 0 Å². The number of methoxy groups -OCH3 is 1. The van der Waals surface area contributed by atoms with E-state index in [0.29, 0.717) is 26.4 Å². The molecule has 0 aliphatic heterocycles. The lowest BCUT2D eigenvalue weighted by Gasteiger charge is -2.19. The normalized spacial score (nSPS) is 13.1. The zero-order valence-electron chi connectivity index (χ0n) is 9.90. The Balaban J connectivity index is 3.78. The summed E-state index contributed by atoms with van der Waals surface area (Å²) in [6.45, 7) is 9.61. The predicted octanol–water partition coefficient (Wildman–Crippen LogP) is 1.60. The Kier molecular flexibility index (Phi) is 9.83. The van der Waals surface area contributed by atoms with Crippen LogP contribution in [0.4, 0.5) is 0 Å². The quantitative estimate of drug-likeness (QED) is 0.412. The predicted molar refractivity (Wildman–Crippen MR) is 58.9 cm³/mol. The van der Waals surface area contributed by atoms with Crippen molar-refractivity contribution in [2.45, 2.75) is 26.2 Å². The molecule has 0 aromatic carbocycles. The van der Waals surface area contributed by atoms with Gasteiger partial charge in [-0.25, -0.2) is 0 Å². The van der Waals surface area contributed by atoms with Crippen molar-refractivity contribution < 1.29 is 18.9 Å². The zero-order valence-corrected chi connectivity index (χ0v) is 9.90. The molecule has 0 radical (unpaired) electrons. The highest BCUT2D eigenvalue weighted by molar-refractivity contribution is 4.79. The molecular formula is C11H22O4. The van der Waals surface area contributed by atoms with E-state index in [4.69, 9.17) is 18.9 Å². The van der Waals surface area contributed by atoms with E-state index in [2.05, 4.69) is 6.58 Å². The molecule has 0 heterocycles. The zero-order chi connectivity index (χ0) is 11.5. The van der Waals surface area contributed by atoms with Crippen LogP contribution in [0.5, 0.6) is 0 Å². The summed E-state index contributed by atoms with van der Waals surface area (Å²) in [5.41, 5.74) is 0. The van der Waals surface area contributed by atoms with Crippen LogP contribution in [0.15, 0.2) is 12.7 Å². The van der Waals surface area contributed by atoms with Gasteiger partial charge in [-0.3, -0.25) is 0 Å². The molecule has 1 unspecified atom stereocenters. The molecular weight excluding hydrogens is 196 g/mol. The largest absolute Gasteiger partial charge is 0.382 e. The summed E-state index contributed by atoms with van der Waals surface area (Å²) in [5.74, 6) is 0. The number of hydrogen-bond donors (Lipinski definition) is 0. The monoisotopic (exact) mass is 218 g/mol. The Morgan fingerprint density at radius 1 is 1.07 bits per heavy atom. The average molecular weight is 218 g/mol. The van der Waals surface area contributed by atoms with Crippen molar-refractivity contribution in [2.75, 3.05) is 33.5 Å². The van der Waals surface area contributed by atoms with E-state index in [1.807, 2.05) is 13.8 Å². The van der Waals surface area contributed by atoms with Gasteiger partial charge >= 0.3 is 0 Å². The SMILES string of the molecule is C=CC(COC)OCC(OCC)OCC. The molecule has 0 N–H and O–H groups in total. The van der Waals surface area contributed by atoms with Gasteiger partial charge < -0.3 is 18.9 Å². The van der Waals surface area contributed by atoms with Gasteiger partial charge in [0.2, 0.25) is 0 Å². The minimum absolute atomic E-state index is 0.113. The molecule has 4 heteroatoms. The average Bonchev–Trinajstić information content (AvgIpc) is 2.24. The first-order chi connectivity index (χ1) is 7.28. The fraction of sp³-hybridized carbons (Fsp3) is 0.818. The maximum atomic E-state index is 5.51. The van der Waals surface area contributed by atoms with Gasteiger partial charge in [0.25, 0.3) is 0 Å². The van der Waals surface area contributed by atoms with Crippen LogP contribution >= 0.6 is 0 Å². The summed E-state index contributed by atoms with van der Waals surface area (Å²) in [5, 5.41) is 0. The van der Waals surface area contributed by atoms with Crippen molar-refractivity contribution in [3.05, 3.63) is 12.7 Å². The van der Waals surface area contributed by atoms with E-state index in [0.717, 1.165) is 0 Å². The number of rotatable bonds is 10. The lowest BCUT2D eigenvalue weighted by molar-refractivity contribution is -0.175. The molecule has 0 aliphatic carbocycles. The molecule has 0 fully saturated rings. The van der Waals surface area contributed by atoms with Gasteiger partial charge in [0, 0.05) is 20.3 Å². The molecule has 90 valence electrons. The van der Waals surface area contributed by atoms with E-state index >= 15 is 0 Å². The maximum absolute atomic E-state index is 5.51. The first-order valence-electron chi connectivity index (χ1n) is 5.24. The van der Waals surface area contributed by atoms with Crippen molar-refractivity contribution in [2.24, 2.45) is 0 Å². The second kappa shape index (κ2) is 10.1. The van der Waals surface area contributed by atoms with Crippen LogP contribution in [0.2, 0.25) is 0 Å². The molecule has 0 rings (SSSR count). The maximum Gasteiger partial charge on any atom is 0.180 e. The van der Waals surface area contributed by atoms with Crippen molar-refractivity contribution >= 4 is 0 Å². The topological polar surface area (TPSA) is 36.9 Å². The van der Waals surface area contributed by atoms with Gasteiger partial charge in [0.15, 0.2) is 6.29 Å². The second-order valence-electron chi connectivity index (χ2n) is 2.90. The standard InChI is InChI=1S/C11H22O4/c1-5-10(8-12-4)15-9-11(13-6-2)14-7-3/h5,10-11H,1,6-9H2,2-4H3. The summed E-state index contributed by atoms with van der Waals surface area (Å²) in [6.07, 6.45) is 1.29. The third kappa shape index (κ3) is 7.50. The van der Waals surface area contributed by atoms with E-state index in [9.17, 15) is 0 Å². The van der Waals surface area contributed by atoms with Crippen LogP contribution in [0, 0.1) is 0 Å². The highest BCUT2D eigenvalue weighted by atomic mass is 16.7. The van der Waals surface area contributed by atoms with Crippen LogP contribution in [0.3, 0.4) is 0 Å². The highest BCUT2D eigenvalue weighted by Gasteiger charge is 2.11. The summed E-state index contributed by atoms with van der Waals surface area (Å²) in [7, 11) is 1.63. The Morgan fingerprint density at radius 3 is 2.07 bits per heavy atom. The lowest BCUT2D eigenvalue weighted by atomic mass is 10.4. The summed E-state index contributed by atoms with van der Waals surface area (Å²) in [6, 6.07) is 0. The molecule has 0 bridgehead atoms. The van der Waals surface area contributed by atoms with Crippen LogP contribution in [-0.4, -0.2) is 45.9 Å². The van der Waals surface area contributed by atoms with E-state index in [-0.39, 0.29) is 12.4 Å². The first-order valence-corrected chi connectivity index (χ1v) is 5.24. The second-order valence-corrected chi connectivity index (χ2v) is 2.90. The molecule has 0 aromatic heterocycles. The third-order valence-corrected chi connectivity index (χ3v) is 1.75. The Morgan fingerprint density at radius 2 is 1.67 bits per heavy atom. The molecule has 0 spiro atoms. The van der Waals surface area contributed by atoms with Crippen molar-refractivity contribution in [1.82, 2.24) is 0 Å². The summed E-state index contributed by atoms with van der Waals surface area (Å²) in [4.78, 5) is 0. The minimum Gasteiger partial charge on any atom is -0.382 e. The molecule has 4 nitrogen and oxygen atoms in total. The Bertz CT molecular complexity index is 144. The molecule has 0 aliphatic rings. The highest BCUT2D eigenvalue weighted by Crippen LogP contribution is 2.01. The van der Waals surface area contributed by atoms with Gasteiger partial charge in [0.1, 0.15) is 0 Å². The number of hydrogen-bond acceptors (Lipinski definition) is 4. The van der Waals surface area contributed by atoms with Crippen molar-refractivity contribution in [3.63, 3.8) is 0 Å². The smallest absolute Gasteiger partial charge is 0.180 e. The van der Waals surface area contributed by atoms with E-state index in [1.165, 1.54) is 0 Å². The number of ether oxygens (including phenoxy) is 4. The van der Waals surface area contributed by atoms with E-state index in [1.54, 1.807) is 13.2 Å². The summed E-state index contributed by atoms with van der Waals surface area (Å²) < 4.78 is 21.1. The van der Waals surface area contributed by atoms with Crippen LogP contribution in [0.1, 0.15) is 13.8 Å². The first kappa shape index (κ1) is 14.6. The van der Waals surface area contributed by atoms with Crippen LogP contribution < -0.4 is 0 Å². The van der Waals surface area contributed by atoms with Gasteiger partial charge in [-0.1, -0.05) is 6.08 Å². The van der Waals surface area contributed by atoms with Crippen LogP contribution in [-0.2, 0) is 18.9 Å². The molecule has 1 atom stereocenters. The van der Waals surface area contributed by atoms with Crippen LogP contribution in [0.25, 0.3) is 0 Å². The molecule has 0 aromatic rings. The van der Waals surface area contributed by atoms with Gasteiger partial charge in [-0.15, -0.1) is 6.58 Å². The minimum atomic E-state index is -0.306. The molecule has 0 saturated heterocycles. The lowest BCUT2D eigenvalue weighted by Crippen LogP contribution is -2.28. The molecule has 0 saturated carbocycles. The Labute approximate surface area is 92.2 Å². The third-order valence-electron chi connectivity index (χ3n) is 1.75. The fourth-order valence-electron chi connectivity index (χ4n) is 1.07. The van der Waals surface area contributed by atoms with E-state index < -0.39 is 0 Å². The van der Waals surface area contributed by atoms with Gasteiger partial charge in [-0.05, 0) is 13.8 Å². The Hall–Kier alpha value is -0.420. The molecule has 0 amide bonds.